The van der Waals surface area contributed by atoms with Gasteiger partial charge in [-0.2, -0.15) is 0 Å². The zero-order valence-corrected chi connectivity index (χ0v) is 18.2. The Morgan fingerprint density at radius 1 is 1.33 bits per heavy atom. The van der Waals surface area contributed by atoms with E-state index in [0.717, 1.165) is 4.88 Å². The Bertz CT molecular complexity index is 957. The number of nitrogens with one attached hydrogen (secondary N) is 1. The molecule has 3 atom stereocenters. The molecule has 2 fully saturated rings. The largest absolute Gasteiger partial charge is 0.477 e. The van der Waals surface area contributed by atoms with Crippen LogP contribution >= 0.6 is 23.1 Å². The third kappa shape index (κ3) is 3.21. The number of fused-ring (bicyclic) bond motifs is 1. The van der Waals surface area contributed by atoms with E-state index in [-0.39, 0.29) is 18.2 Å². The monoisotopic (exact) mass is 451 g/mol. The van der Waals surface area contributed by atoms with Gasteiger partial charge in [0.05, 0.1) is 5.66 Å². The first-order valence-electron chi connectivity index (χ1n) is 9.31. The van der Waals surface area contributed by atoms with Gasteiger partial charge in [0.15, 0.2) is 0 Å². The summed E-state index contributed by atoms with van der Waals surface area (Å²) >= 11 is 2.83. The second-order valence-corrected chi connectivity index (χ2v) is 9.84. The summed E-state index contributed by atoms with van der Waals surface area (Å²) in [5.41, 5.74) is -0.565. The number of nitrogens with zero attached hydrogens (tertiary/aromatic N) is 2. The minimum Gasteiger partial charge on any atom is -0.477 e. The summed E-state index contributed by atoms with van der Waals surface area (Å²) in [5.74, 6) is -2.13. The Morgan fingerprint density at radius 2 is 2.07 bits per heavy atom. The van der Waals surface area contributed by atoms with Gasteiger partial charge in [-0.25, -0.2) is 4.79 Å². The molecule has 4 rings (SSSR count). The Balaban J connectivity index is 1.62. The average Bonchev–Trinajstić information content (AvgIpc) is 3.27. The normalized spacial score (nSPS) is 27.8. The third-order valence-electron chi connectivity index (χ3n) is 5.36. The maximum Gasteiger partial charge on any atom is 0.352 e. The van der Waals surface area contributed by atoms with Crippen LogP contribution in [0.4, 0.5) is 0 Å². The molecule has 3 aliphatic rings. The molecule has 3 aliphatic heterocycles. The van der Waals surface area contributed by atoms with E-state index in [4.69, 9.17) is 4.74 Å². The molecule has 0 spiro atoms. The number of ether oxygens (including phenoxy) is 1. The van der Waals surface area contributed by atoms with Crippen molar-refractivity contribution in [3.8, 4) is 0 Å². The molecule has 0 aliphatic carbocycles. The van der Waals surface area contributed by atoms with Gasteiger partial charge in [0.2, 0.25) is 5.91 Å². The van der Waals surface area contributed by atoms with Crippen LogP contribution in [0.15, 0.2) is 28.8 Å². The number of hydrogen-bond donors (Lipinski definition) is 2. The predicted octanol–water partition coefficient (Wildman–Crippen LogP) is 1.14. The lowest BCUT2D eigenvalue weighted by Crippen LogP contribution is -2.73. The van der Waals surface area contributed by atoms with Gasteiger partial charge in [0.1, 0.15) is 29.8 Å². The first kappa shape index (κ1) is 20.9. The van der Waals surface area contributed by atoms with Crippen LogP contribution in [0.1, 0.15) is 31.7 Å². The van der Waals surface area contributed by atoms with Gasteiger partial charge in [-0.3, -0.25) is 24.6 Å². The lowest BCUT2D eigenvalue weighted by Gasteiger charge is -2.54. The Hall–Kier alpha value is -2.37. The minimum atomic E-state index is -1.25. The number of esters is 1. The Kier molecular flexibility index (Phi) is 5.15. The summed E-state index contributed by atoms with van der Waals surface area (Å²) in [7, 11) is 0. The number of rotatable bonds is 5. The lowest BCUT2D eigenvalue weighted by molar-refractivity contribution is -0.162. The van der Waals surface area contributed by atoms with Crippen LogP contribution in [0.2, 0.25) is 0 Å². The summed E-state index contributed by atoms with van der Waals surface area (Å²) in [6, 6.07) is 2.44. The van der Waals surface area contributed by atoms with E-state index in [0.29, 0.717) is 11.3 Å². The number of carboxylic acids is 1. The molecule has 1 aromatic rings. The first-order chi connectivity index (χ1) is 14.1. The maximum atomic E-state index is 13.2. The second kappa shape index (κ2) is 7.40. The van der Waals surface area contributed by atoms with Crippen molar-refractivity contribution in [2.45, 2.75) is 43.9 Å². The summed E-state index contributed by atoms with van der Waals surface area (Å²) in [6.45, 7) is 4.73. The van der Waals surface area contributed by atoms with Gasteiger partial charge in [0, 0.05) is 23.1 Å². The van der Waals surface area contributed by atoms with Gasteiger partial charge >= 0.3 is 11.9 Å². The van der Waals surface area contributed by atoms with E-state index in [1.54, 1.807) is 4.90 Å². The summed E-state index contributed by atoms with van der Waals surface area (Å²) in [6.07, 6.45) is 0. The molecule has 0 aromatic carbocycles. The summed E-state index contributed by atoms with van der Waals surface area (Å²) in [5, 5.41) is 14.4. The predicted molar refractivity (Wildman–Crippen MR) is 109 cm³/mol. The maximum absolute atomic E-state index is 13.2. The molecule has 1 unspecified atom stereocenters. The van der Waals surface area contributed by atoms with Crippen LogP contribution in [0.5, 0.6) is 0 Å². The van der Waals surface area contributed by atoms with Crippen LogP contribution in [0, 0.1) is 0 Å². The molecule has 0 saturated carbocycles. The standard InChI is InChI=1S/C19H21N3O6S2/c1-9(23)28-7-10-8-30-17-14(16(25)21(17)13(10)18(26)27)22-15(24)12(20-19(22,2)3)11-5-4-6-29-11/h4-6,12,14,17,20H,7-8H2,1-3H3,(H,26,27)/t12?,14-,17-/m1/s1. The highest BCUT2D eigenvalue weighted by atomic mass is 32.2. The number of hydrogen-bond acceptors (Lipinski definition) is 8. The van der Waals surface area contributed by atoms with E-state index < -0.39 is 41.0 Å². The zero-order chi connectivity index (χ0) is 21.8. The smallest absolute Gasteiger partial charge is 0.352 e. The summed E-state index contributed by atoms with van der Waals surface area (Å²) in [4.78, 5) is 53.0. The number of amides is 2. The molecule has 2 saturated heterocycles. The molecule has 0 bridgehead atoms. The molecule has 30 heavy (non-hydrogen) atoms. The molecule has 11 heteroatoms. The highest BCUT2D eigenvalue weighted by molar-refractivity contribution is 8.00. The third-order valence-corrected chi connectivity index (χ3v) is 7.62. The van der Waals surface area contributed by atoms with Crippen LogP contribution < -0.4 is 5.32 Å². The highest BCUT2D eigenvalue weighted by Gasteiger charge is 2.62. The van der Waals surface area contributed by atoms with E-state index >= 15 is 0 Å². The highest BCUT2D eigenvalue weighted by Crippen LogP contribution is 2.46. The van der Waals surface area contributed by atoms with E-state index in [1.165, 1.54) is 34.9 Å². The number of carbonyl (C=O) groups is 4. The van der Waals surface area contributed by atoms with Gasteiger partial charge in [0.25, 0.3) is 5.91 Å². The van der Waals surface area contributed by atoms with Crippen LogP contribution in [-0.2, 0) is 23.9 Å². The van der Waals surface area contributed by atoms with Crippen molar-refractivity contribution in [2.75, 3.05) is 12.4 Å². The molecule has 160 valence electrons. The molecule has 9 nitrogen and oxygen atoms in total. The van der Waals surface area contributed by atoms with Crippen molar-refractivity contribution in [1.29, 1.82) is 0 Å². The summed E-state index contributed by atoms with van der Waals surface area (Å²) < 4.78 is 4.95. The fraction of sp³-hybridized carbons (Fsp3) is 0.474. The molecule has 0 radical (unpaired) electrons. The number of β-lactam (4-membered cyclic amide) rings is 1. The molecular formula is C19H21N3O6S2. The number of carboxylic acid groups (broad SMARTS) is 1. The SMILES string of the molecule is CC(=O)OCC1=C(C(=O)O)N2C(=O)[C@@H](N3C(=O)C(c4cccs4)NC3(C)C)[C@H]2SC1. The molecule has 4 heterocycles. The van der Waals surface area contributed by atoms with Crippen LogP contribution in [0.3, 0.4) is 0 Å². The van der Waals surface area contributed by atoms with Crippen LogP contribution in [0.25, 0.3) is 0 Å². The number of aliphatic carboxylic acids is 1. The van der Waals surface area contributed by atoms with Crippen molar-refractivity contribution in [3.05, 3.63) is 33.7 Å². The molecular weight excluding hydrogens is 430 g/mol. The van der Waals surface area contributed by atoms with Gasteiger partial charge < -0.3 is 14.7 Å². The molecule has 2 N–H and O–H groups in total. The number of carbonyl (C=O) groups excluding carboxylic acids is 3. The van der Waals surface area contributed by atoms with E-state index in [9.17, 15) is 24.3 Å². The second-order valence-electron chi connectivity index (χ2n) is 7.75. The van der Waals surface area contributed by atoms with Crippen molar-refractivity contribution in [3.63, 3.8) is 0 Å². The van der Waals surface area contributed by atoms with Crippen molar-refractivity contribution >= 4 is 46.9 Å². The zero-order valence-electron chi connectivity index (χ0n) is 16.6. The number of thiophene rings is 1. The fourth-order valence-corrected chi connectivity index (χ4v) is 6.24. The average molecular weight is 452 g/mol. The lowest BCUT2D eigenvalue weighted by atomic mass is 9.99. The van der Waals surface area contributed by atoms with E-state index in [2.05, 4.69) is 5.32 Å². The Morgan fingerprint density at radius 3 is 2.67 bits per heavy atom. The fourth-order valence-electron chi connectivity index (χ4n) is 4.10. The van der Waals surface area contributed by atoms with Crippen molar-refractivity contribution < 1.29 is 29.0 Å². The van der Waals surface area contributed by atoms with Gasteiger partial charge in [-0.05, 0) is 25.3 Å². The van der Waals surface area contributed by atoms with Crippen LogP contribution in [-0.4, -0.2) is 68.1 Å². The molecule has 1 aromatic heterocycles. The topological polar surface area (TPSA) is 116 Å². The molecule has 2 amide bonds. The van der Waals surface area contributed by atoms with Crippen molar-refractivity contribution in [2.24, 2.45) is 0 Å². The van der Waals surface area contributed by atoms with E-state index in [1.807, 2.05) is 31.4 Å². The van der Waals surface area contributed by atoms with Gasteiger partial charge in [-0.15, -0.1) is 23.1 Å². The Labute approximate surface area is 181 Å². The quantitative estimate of drug-likeness (QED) is 0.506. The van der Waals surface area contributed by atoms with Crippen molar-refractivity contribution in [1.82, 2.24) is 15.1 Å². The first-order valence-corrected chi connectivity index (χ1v) is 11.2. The minimum absolute atomic E-state index is 0.159. The number of thioether (sulfide) groups is 1. The van der Waals surface area contributed by atoms with Gasteiger partial charge in [-0.1, -0.05) is 6.07 Å².